The van der Waals surface area contributed by atoms with Gasteiger partial charge < -0.3 is 4.57 Å². The molecule has 0 aliphatic heterocycles. The zero-order valence-electron chi connectivity index (χ0n) is 11.1. The highest BCUT2D eigenvalue weighted by atomic mass is 79.9. The molecule has 3 aromatic rings. The molecule has 0 saturated heterocycles. The van der Waals surface area contributed by atoms with Crippen LogP contribution in [0.4, 0.5) is 0 Å². The summed E-state index contributed by atoms with van der Waals surface area (Å²) in [5.41, 5.74) is 2.19. The summed E-state index contributed by atoms with van der Waals surface area (Å²) in [7, 11) is 0. The maximum absolute atomic E-state index is 5.91. The van der Waals surface area contributed by atoms with Gasteiger partial charge in [0.05, 0.1) is 17.6 Å². The topological polar surface area (TPSA) is 17.8 Å². The van der Waals surface area contributed by atoms with Gasteiger partial charge >= 0.3 is 0 Å². The maximum Gasteiger partial charge on any atom is 0.111 e. The van der Waals surface area contributed by atoms with E-state index < -0.39 is 0 Å². The lowest BCUT2D eigenvalue weighted by Crippen LogP contribution is -2.04. The van der Waals surface area contributed by atoms with Crippen LogP contribution in [0.15, 0.2) is 34.8 Å². The minimum atomic E-state index is 0.591. The van der Waals surface area contributed by atoms with Crippen LogP contribution in [0, 0.1) is 6.92 Å². The van der Waals surface area contributed by atoms with E-state index in [1.54, 1.807) is 0 Å². The van der Waals surface area contributed by atoms with Crippen LogP contribution < -0.4 is 0 Å². The van der Waals surface area contributed by atoms with Gasteiger partial charge in [0.15, 0.2) is 0 Å². The number of thiophene rings is 1. The number of alkyl halides is 1. The number of imidazole rings is 1. The maximum atomic E-state index is 5.91. The van der Waals surface area contributed by atoms with Crippen LogP contribution >= 0.6 is 38.9 Å². The number of hydrogen-bond acceptors (Lipinski definition) is 2. The highest BCUT2D eigenvalue weighted by molar-refractivity contribution is 9.10. The molecule has 0 N–H and O–H groups in total. The van der Waals surface area contributed by atoms with Gasteiger partial charge in [-0.3, -0.25) is 0 Å². The van der Waals surface area contributed by atoms with Crippen molar-refractivity contribution in [3.63, 3.8) is 0 Å². The molecule has 2 nitrogen and oxygen atoms in total. The van der Waals surface area contributed by atoms with Crippen molar-refractivity contribution < 1.29 is 0 Å². The number of rotatable bonds is 4. The molecule has 2 aromatic heterocycles. The molecule has 0 aliphatic rings. The lowest BCUT2D eigenvalue weighted by molar-refractivity contribution is 0.763. The number of halogens is 2. The minimum absolute atomic E-state index is 0.591. The number of benzene rings is 1. The summed E-state index contributed by atoms with van der Waals surface area (Å²) in [6, 6.07) is 10.6. The van der Waals surface area contributed by atoms with E-state index in [-0.39, 0.29) is 0 Å². The second-order valence-corrected chi connectivity index (χ2v) is 7.36. The van der Waals surface area contributed by atoms with E-state index in [0.29, 0.717) is 5.88 Å². The molecule has 0 amide bonds. The summed E-state index contributed by atoms with van der Waals surface area (Å²) in [4.78, 5) is 7.41. The lowest BCUT2D eigenvalue weighted by atomic mass is 10.3. The monoisotopic (exact) mass is 368 g/mol. The van der Waals surface area contributed by atoms with Crippen LogP contribution in [0.2, 0.25) is 0 Å². The number of aryl methyl sites for hydroxylation is 2. The first-order valence-electron chi connectivity index (χ1n) is 6.43. The molecule has 0 spiro atoms. The molecule has 0 radical (unpaired) electrons. The van der Waals surface area contributed by atoms with Gasteiger partial charge in [0.25, 0.3) is 0 Å². The van der Waals surface area contributed by atoms with Gasteiger partial charge in [-0.2, -0.15) is 0 Å². The summed E-state index contributed by atoms with van der Waals surface area (Å²) in [6.45, 7) is 3.00. The fourth-order valence-corrected chi connectivity index (χ4v) is 3.73. The molecule has 0 fully saturated rings. The highest BCUT2D eigenvalue weighted by Gasteiger charge is 2.11. The van der Waals surface area contributed by atoms with Gasteiger partial charge in [-0.15, -0.1) is 22.9 Å². The van der Waals surface area contributed by atoms with E-state index >= 15 is 0 Å². The molecule has 0 unspecified atom stereocenters. The van der Waals surface area contributed by atoms with Gasteiger partial charge in [-0.1, -0.05) is 15.9 Å². The van der Waals surface area contributed by atoms with E-state index in [1.807, 2.05) is 11.3 Å². The zero-order chi connectivity index (χ0) is 14.1. The molecular weight excluding hydrogens is 356 g/mol. The Kier molecular flexibility index (Phi) is 4.15. The third-order valence-electron chi connectivity index (χ3n) is 3.22. The van der Waals surface area contributed by atoms with Crippen molar-refractivity contribution in [1.82, 2.24) is 9.55 Å². The van der Waals surface area contributed by atoms with Gasteiger partial charge in [0.2, 0.25) is 0 Å². The molecule has 104 valence electrons. The standard InChI is InChI=1S/C15H14BrClN2S/c1-10-2-4-12(20-10)9-19-14-5-3-11(16)8-13(14)18-15(19)6-7-17/h2-5,8H,6-7,9H2,1H3. The van der Waals surface area contributed by atoms with Crippen molar-refractivity contribution in [3.8, 4) is 0 Å². The molecule has 2 heterocycles. The van der Waals surface area contributed by atoms with E-state index in [4.69, 9.17) is 16.6 Å². The first kappa shape index (κ1) is 14.1. The molecule has 3 rings (SSSR count). The van der Waals surface area contributed by atoms with E-state index in [0.717, 1.165) is 28.8 Å². The molecule has 5 heteroatoms. The van der Waals surface area contributed by atoms with Crippen molar-refractivity contribution in [3.05, 3.63) is 50.4 Å². The molecule has 0 saturated carbocycles. The predicted molar refractivity (Wildman–Crippen MR) is 90.0 cm³/mol. The summed E-state index contributed by atoms with van der Waals surface area (Å²) in [5.74, 6) is 1.65. The van der Waals surface area contributed by atoms with Crippen LogP contribution in [-0.2, 0) is 13.0 Å². The quantitative estimate of drug-likeness (QED) is 0.592. The summed E-state index contributed by atoms with van der Waals surface area (Å²) in [5, 5.41) is 0. The average Bonchev–Trinajstić information content (AvgIpc) is 2.95. The number of aromatic nitrogens is 2. The van der Waals surface area contributed by atoms with Gasteiger partial charge in [0.1, 0.15) is 5.82 Å². The second kappa shape index (κ2) is 5.88. The number of fused-ring (bicyclic) bond motifs is 1. The van der Waals surface area contributed by atoms with Crippen molar-refractivity contribution in [2.75, 3.05) is 5.88 Å². The average molecular weight is 370 g/mol. The van der Waals surface area contributed by atoms with Crippen molar-refractivity contribution in [1.29, 1.82) is 0 Å². The second-order valence-electron chi connectivity index (χ2n) is 4.70. The normalized spacial score (nSPS) is 11.3. The third kappa shape index (κ3) is 2.78. The van der Waals surface area contributed by atoms with Crippen LogP contribution in [0.3, 0.4) is 0 Å². The van der Waals surface area contributed by atoms with Gasteiger partial charge in [-0.05, 0) is 37.3 Å². The smallest absolute Gasteiger partial charge is 0.111 e. The van der Waals surface area contributed by atoms with Crippen LogP contribution in [0.1, 0.15) is 15.6 Å². The van der Waals surface area contributed by atoms with Crippen molar-refractivity contribution in [2.24, 2.45) is 0 Å². The third-order valence-corrected chi connectivity index (χ3v) is 4.89. The number of hydrogen-bond donors (Lipinski definition) is 0. The SMILES string of the molecule is Cc1ccc(Cn2c(CCCl)nc3cc(Br)ccc32)s1. The Morgan fingerprint density at radius 3 is 2.85 bits per heavy atom. The summed E-state index contributed by atoms with van der Waals surface area (Å²) in [6.07, 6.45) is 0.790. The van der Waals surface area contributed by atoms with E-state index in [1.165, 1.54) is 15.3 Å². The Hall–Kier alpha value is -0.840. The Morgan fingerprint density at radius 2 is 2.15 bits per heavy atom. The minimum Gasteiger partial charge on any atom is -0.323 e. The fraction of sp³-hybridized carbons (Fsp3) is 0.267. The van der Waals surface area contributed by atoms with Crippen LogP contribution in [0.5, 0.6) is 0 Å². The molecule has 0 bridgehead atoms. The first-order chi connectivity index (χ1) is 9.67. The Bertz CT molecular complexity index is 747. The first-order valence-corrected chi connectivity index (χ1v) is 8.57. The Labute approximate surface area is 135 Å². The molecule has 0 atom stereocenters. The van der Waals surface area contributed by atoms with Crippen LogP contribution in [-0.4, -0.2) is 15.4 Å². The lowest BCUT2D eigenvalue weighted by Gasteiger charge is -2.07. The largest absolute Gasteiger partial charge is 0.323 e. The van der Waals surface area contributed by atoms with Crippen molar-refractivity contribution in [2.45, 2.75) is 19.9 Å². The van der Waals surface area contributed by atoms with E-state index in [2.05, 4.69) is 57.8 Å². The number of nitrogens with zero attached hydrogens (tertiary/aromatic N) is 2. The summed E-state index contributed by atoms with van der Waals surface area (Å²) < 4.78 is 3.33. The Morgan fingerprint density at radius 1 is 1.30 bits per heavy atom. The van der Waals surface area contributed by atoms with Gasteiger partial charge in [-0.25, -0.2) is 4.98 Å². The summed E-state index contributed by atoms with van der Waals surface area (Å²) >= 11 is 11.2. The molecule has 1 aromatic carbocycles. The Balaban J connectivity index is 2.08. The van der Waals surface area contributed by atoms with Crippen LogP contribution in [0.25, 0.3) is 11.0 Å². The van der Waals surface area contributed by atoms with E-state index in [9.17, 15) is 0 Å². The molecule has 0 aliphatic carbocycles. The van der Waals surface area contributed by atoms with Gasteiger partial charge in [0, 0.05) is 26.5 Å². The zero-order valence-corrected chi connectivity index (χ0v) is 14.2. The predicted octanol–water partition coefficient (Wildman–Crippen LogP) is 5.00. The molecular formula is C15H14BrClN2S. The van der Waals surface area contributed by atoms with Crippen molar-refractivity contribution >= 4 is 49.9 Å². The molecule has 20 heavy (non-hydrogen) atoms. The fourth-order valence-electron chi connectivity index (χ4n) is 2.33. The highest BCUT2D eigenvalue weighted by Crippen LogP contribution is 2.24.